The highest BCUT2D eigenvalue weighted by atomic mass is 32.2. The van der Waals surface area contributed by atoms with Crippen molar-refractivity contribution in [1.82, 2.24) is 20.2 Å². The van der Waals surface area contributed by atoms with Crippen LogP contribution in [0.1, 0.15) is 17.7 Å². The molecule has 16 nitrogen and oxygen atoms in total. The summed E-state index contributed by atoms with van der Waals surface area (Å²) in [6.45, 7) is 1.69. The number of aliphatic carboxylic acids is 1. The fourth-order valence-corrected chi connectivity index (χ4v) is 7.90. The number of thiazole rings is 1. The van der Waals surface area contributed by atoms with Crippen LogP contribution in [0, 0.1) is 6.92 Å². The van der Waals surface area contributed by atoms with Gasteiger partial charge in [0.2, 0.25) is 11.6 Å². The minimum Gasteiger partial charge on any atom is -0.543 e. The Morgan fingerprint density at radius 3 is 2.60 bits per heavy atom. The SMILES string of the molecule is COP(=O)(/C=C(\C(=O)N[C@@H]1C(=O)N2C(C(=O)[O-])=C(CCSc3nc(N)c(C)c(N)[n+]3N)CS[C@H]12)c1csc(N)n1)OC. The van der Waals surface area contributed by atoms with E-state index >= 15 is 0 Å². The first kappa shape index (κ1) is 31.6. The number of nitrogens with one attached hydrogen (secondary N) is 1. The lowest BCUT2D eigenvalue weighted by atomic mass is 10.0. The van der Waals surface area contributed by atoms with Gasteiger partial charge in [-0.15, -0.1) is 27.8 Å². The lowest BCUT2D eigenvalue weighted by molar-refractivity contribution is -0.667. The summed E-state index contributed by atoms with van der Waals surface area (Å²) >= 11 is 3.54. The molecule has 2 amide bonds. The van der Waals surface area contributed by atoms with Crippen molar-refractivity contribution in [3.8, 4) is 0 Å². The molecule has 2 aromatic rings. The molecular formula is C22H28N9O7PS3. The summed E-state index contributed by atoms with van der Waals surface area (Å²) in [5.74, 6) is 5.09. The molecule has 0 spiro atoms. The molecule has 20 heteroatoms. The molecule has 42 heavy (non-hydrogen) atoms. The first-order valence-corrected chi connectivity index (χ1v) is 16.5. The van der Waals surface area contributed by atoms with Gasteiger partial charge in [0.15, 0.2) is 5.13 Å². The van der Waals surface area contributed by atoms with E-state index in [1.165, 1.54) is 33.6 Å². The van der Waals surface area contributed by atoms with E-state index in [4.69, 9.17) is 32.1 Å². The molecule has 2 aromatic heterocycles. The molecule has 4 heterocycles. The second-order valence-corrected chi connectivity index (χ2v) is 14.0. The third-order valence-corrected chi connectivity index (χ3v) is 11.0. The minimum absolute atomic E-state index is 0.102. The number of carbonyl (C=O) groups excluding carboxylic acids is 3. The highest BCUT2D eigenvalue weighted by Gasteiger charge is 2.53. The van der Waals surface area contributed by atoms with Gasteiger partial charge in [0, 0.05) is 36.9 Å². The molecule has 2 aliphatic heterocycles. The molecule has 226 valence electrons. The number of carboxylic acids is 1. The number of nitrogens with two attached hydrogens (primary N) is 4. The third kappa shape index (κ3) is 6.06. The lowest BCUT2D eigenvalue weighted by Gasteiger charge is -2.51. The molecule has 0 radical (unpaired) electrons. The quantitative estimate of drug-likeness (QED) is 0.0369. The number of hydrogen-bond acceptors (Lipinski definition) is 16. The Balaban J connectivity index is 1.51. The van der Waals surface area contributed by atoms with Crippen LogP contribution in [0.3, 0.4) is 0 Å². The topological polar surface area (TPSA) is 259 Å². The Kier molecular flexibility index (Phi) is 9.39. The number of β-lactam (4-membered cyclic amide) rings is 1. The molecule has 2 aliphatic rings. The number of fused-ring (bicyclic) bond motifs is 1. The lowest BCUT2D eigenvalue weighted by Crippen LogP contribution is -2.71. The van der Waals surface area contributed by atoms with Crippen LogP contribution in [0.2, 0.25) is 0 Å². The smallest absolute Gasteiger partial charge is 0.354 e. The summed E-state index contributed by atoms with van der Waals surface area (Å²) in [5, 5.41) is 16.0. The van der Waals surface area contributed by atoms with Gasteiger partial charge in [-0.05, 0) is 18.9 Å². The van der Waals surface area contributed by atoms with Gasteiger partial charge in [-0.3, -0.25) is 24.9 Å². The summed E-state index contributed by atoms with van der Waals surface area (Å²) < 4.78 is 23.8. The van der Waals surface area contributed by atoms with Gasteiger partial charge in [-0.1, -0.05) is 16.7 Å². The maximum atomic E-state index is 13.3. The number of thioether (sulfide) groups is 2. The molecule has 9 N–H and O–H groups in total. The second-order valence-electron chi connectivity index (χ2n) is 8.88. The third-order valence-electron chi connectivity index (χ3n) is 6.45. The Morgan fingerprint density at radius 1 is 1.31 bits per heavy atom. The van der Waals surface area contributed by atoms with E-state index in [9.17, 15) is 24.1 Å². The molecule has 0 bridgehead atoms. The van der Waals surface area contributed by atoms with Crippen LogP contribution in [0.25, 0.3) is 5.57 Å². The van der Waals surface area contributed by atoms with Crippen molar-refractivity contribution in [2.24, 2.45) is 0 Å². The van der Waals surface area contributed by atoms with Gasteiger partial charge < -0.3 is 41.5 Å². The predicted octanol–water partition coefficient (Wildman–Crippen LogP) is -0.992. The van der Waals surface area contributed by atoms with Gasteiger partial charge in [-0.25, -0.2) is 4.98 Å². The fourth-order valence-electron chi connectivity index (χ4n) is 4.10. The van der Waals surface area contributed by atoms with Crippen LogP contribution in [0.4, 0.5) is 16.8 Å². The molecule has 2 atom stereocenters. The van der Waals surface area contributed by atoms with Crippen LogP contribution in [0.15, 0.2) is 27.6 Å². The van der Waals surface area contributed by atoms with Crippen molar-refractivity contribution in [3.05, 3.63) is 33.7 Å². The highest BCUT2D eigenvalue weighted by Crippen LogP contribution is 2.50. The number of carbonyl (C=O) groups is 3. The van der Waals surface area contributed by atoms with Crippen LogP contribution in [0.5, 0.6) is 0 Å². The van der Waals surface area contributed by atoms with E-state index in [1.54, 1.807) is 6.92 Å². The van der Waals surface area contributed by atoms with Gasteiger partial charge in [0.25, 0.3) is 11.8 Å². The largest absolute Gasteiger partial charge is 0.543 e. The molecule has 0 aliphatic carbocycles. The van der Waals surface area contributed by atoms with Crippen LogP contribution in [-0.2, 0) is 28.0 Å². The van der Waals surface area contributed by atoms with Gasteiger partial charge >= 0.3 is 12.8 Å². The van der Waals surface area contributed by atoms with Crippen LogP contribution in [-0.4, -0.2) is 69.8 Å². The van der Waals surface area contributed by atoms with Gasteiger partial charge in [0.05, 0.1) is 28.5 Å². The second kappa shape index (κ2) is 12.5. The number of anilines is 3. The van der Waals surface area contributed by atoms with E-state index in [0.29, 0.717) is 22.0 Å². The highest BCUT2D eigenvalue weighted by molar-refractivity contribution is 8.00. The molecular weight excluding hydrogens is 629 g/mol. The summed E-state index contributed by atoms with van der Waals surface area (Å²) in [6, 6.07) is -1.07. The average molecular weight is 658 g/mol. The normalized spacial score (nSPS) is 19.0. The van der Waals surface area contributed by atoms with Crippen molar-refractivity contribution in [2.45, 2.75) is 29.9 Å². The van der Waals surface area contributed by atoms with Gasteiger partial charge in [-0.2, -0.15) is 0 Å². The van der Waals surface area contributed by atoms with E-state index in [1.807, 2.05) is 0 Å². The van der Waals surface area contributed by atoms with E-state index in [-0.39, 0.29) is 45.9 Å². The molecule has 0 saturated carbocycles. The number of aromatic nitrogens is 3. The maximum absolute atomic E-state index is 13.3. The molecule has 0 unspecified atom stereocenters. The zero-order valence-corrected chi connectivity index (χ0v) is 25.9. The Bertz CT molecular complexity index is 1560. The zero-order chi connectivity index (χ0) is 30.9. The zero-order valence-electron chi connectivity index (χ0n) is 22.6. The minimum atomic E-state index is -3.82. The number of hydrogen-bond donors (Lipinski definition) is 5. The average Bonchev–Trinajstić information content (AvgIpc) is 3.40. The maximum Gasteiger partial charge on any atom is 0.354 e. The first-order valence-electron chi connectivity index (χ1n) is 12.0. The molecule has 1 saturated heterocycles. The first-order chi connectivity index (χ1) is 19.8. The predicted molar refractivity (Wildman–Crippen MR) is 157 cm³/mol. The number of rotatable bonds is 11. The number of carboxylic acid groups (broad SMARTS) is 1. The van der Waals surface area contributed by atoms with Crippen LogP contribution < -0.4 is 38.1 Å². The molecule has 4 rings (SSSR count). The van der Waals surface area contributed by atoms with Crippen molar-refractivity contribution in [2.75, 3.05) is 48.8 Å². The fraction of sp³-hybridized carbons (Fsp3) is 0.364. The van der Waals surface area contributed by atoms with E-state index in [0.717, 1.165) is 36.3 Å². The number of nitrogen functional groups attached to an aromatic ring is 4. The number of amides is 2. The number of nitrogens with zero attached hydrogens (tertiary/aromatic N) is 4. The Morgan fingerprint density at radius 2 is 2.00 bits per heavy atom. The van der Waals surface area contributed by atoms with Crippen LogP contribution >= 0.6 is 42.5 Å². The van der Waals surface area contributed by atoms with Crippen molar-refractivity contribution in [3.63, 3.8) is 0 Å². The van der Waals surface area contributed by atoms with Crippen molar-refractivity contribution >= 4 is 82.6 Å². The summed E-state index contributed by atoms with van der Waals surface area (Å²) in [7, 11) is -1.52. The Hall–Kier alpha value is -3.35. The monoisotopic (exact) mass is 657 g/mol. The van der Waals surface area contributed by atoms with Gasteiger partial charge in [0.1, 0.15) is 11.4 Å². The molecule has 1 fully saturated rings. The summed E-state index contributed by atoms with van der Waals surface area (Å²) in [4.78, 5) is 48.0. The van der Waals surface area contributed by atoms with E-state index in [2.05, 4.69) is 15.3 Å². The summed E-state index contributed by atoms with van der Waals surface area (Å²) in [5.41, 5.74) is 18.2. The Labute approximate surface area is 252 Å². The summed E-state index contributed by atoms with van der Waals surface area (Å²) in [6.07, 6.45) is 0.269. The molecule has 0 aromatic carbocycles. The van der Waals surface area contributed by atoms with Crippen molar-refractivity contribution in [1.29, 1.82) is 0 Å². The van der Waals surface area contributed by atoms with Crippen molar-refractivity contribution < 1.29 is 37.8 Å². The standard InChI is InChI=1S/C22H28N9O7PS3/c1-9-15(23)29-22(31(26)16(9)24)40-5-4-10-7-41-19-13(18(33)30(19)14(10)20(34)35)28-17(32)11(6-39(36,37-2)38-3)12-8-42-21(25)27-12/h6,8,13,19H,4-5,7,26H2,1-3H3,(H7,23,24,25,27,28,32,34,35)/b11-6-/t13-,19-/m1/s1. The van der Waals surface area contributed by atoms with E-state index < -0.39 is 36.8 Å².